The van der Waals surface area contributed by atoms with E-state index in [0.29, 0.717) is 0 Å². The van der Waals surface area contributed by atoms with Gasteiger partial charge in [-0.2, -0.15) is 5.26 Å². The maximum Gasteiger partial charge on any atom is 0.241 e. The summed E-state index contributed by atoms with van der Waals surface area (Å²) >= 11 is 0. The van der Waals surface area contributed by atoms with Crippen molar-refractivity contribution in [2.75, 3.05) is 18.0 Å². The molecule has 29 heavy (non-hydrogen) atoms. The molecule has 146 valence electrons. The zero-order valence-electron chi connectivity index (χ0n) is 16.0. The molecule has 0 atom stereocenters. The van der Waals surface area contributed by atoms with E-state index in [1.54, 1.807) is 18.2 Å². The van der Waals surface area contributed by atoms with Crippen molar-refractivity contribution >= 4 is 11.6 Å². The van der Waals surface area contributed by atoms with Crippen molar-refractivity contribution in [1.29, 1.82) is 5.26 Å². The highest BCUT2D eigenvalue weighted by Gasteiger charge is 2.21. The summed E-state index contributed by atoms with van der Waals surface area (Å²) in [5.74, 6) is -0.774. The molecule has 0 unspecified atom stereocenters. The number of nitrogens with one attached hydrogen (secondary N) is 1. The van der Waals surface area contributed by atoms with Gasteiger partial charge < -0.3 is 4.90 Å². The highest BCUT2D eigenvalue weighted by Crippen LogP contribution is 2.23. The lowest BCUT2D eigenvalue weighted by Crippen LogP contribution is -2.40. The van der Waals surface area contributed by atoms with Gasteiger partial charge in [0.2, 0.25) is 5.91 Å². The van der Waals surface area contributed by atoms with Crippen molar-refractivity contribution in [3.63, 3.8) is 0 Å². The van der Waals surface area contributed by atoms with Crippen molar-refractivity contribution in [3.05, 3.63) is 102 Å². The van der Waals surface area contributed by atoms with Gasteiger partial charge >= 0.3 is 0 Å². The van der Waals surface area contributed by atoms with Crippen LogP contribution in [0.25, 0.3) is 0 Å². The number of amides is 1. The second-order valence-electron chi connectivity index (χ2n) is 6.54. The summed E-state index contributed by atoms with van der Waals surface area (Å²) in [5, 5.41) is 12.2. The molecule has 5 heteroatoms. The summed E-state index contributed by atoms with van der Waals surface area (Å²) in [6.45, 7) is 0.146. The molecular weight excluding hydrogens is 365 g/mol. The molecular formula is C24H22FN3O. The fourth-order valence-corrected chi connectivity index (χ4v) is 3.22. The monoisotopic (exact) mass is 387 g/mol. The third-order valence-corrected chi connectivity index (χ3v) is 4.61. The molecule has 0 saturated carbocycles. The molecule has 0 spiro atoms. The van der Waals surface area contributed by atoms with Gasteiger partial charge in [-0.15, -0.1) is 0 Å². The zero-order valence-corrected chi connectivity index (χ0v) is 16.0. The quantitative estimate of drug-likeness (QED) is 0.621. The number of halogens is 1. The van der Waals surface area contributed by atoms with Gasteiger partial charge in [-0.1, -0.05) is 72.8 Å². The summed E-state index contributed by atoms with van der Waals surface area (Å²) in [6.07, 6.45) is 0.126. The topological polar surface area (TPSA) is 56.1 Å². The van der Waals surface area contributed by atoms with Gasteiger partial charge in [0.25, 0.3) is 0 Å². The zero-order chi connectivity index (χ0) is 20.5. The first kappa shape index (κ1) is 20.2. The Morgan fingerprint density at radius 1 is 0.931 bits per heavy atom. The Kier molecular flexibility index (Phi) is 7.10. The van der Waals surface area contributed by atoms with E-state index in [2.05, 4.69) is 5.32 Å². The van der Waals surface area contributed by atoms with Crippen LogP contribution in [0, 0.1) is 17.1 Å². The number of carbonyl (C=O) groups is 1. The van der Waals surface area contributed by atoms with E-state index in [9.17, 15) is 9.18 Å². The molecule has 3 rings (SSSR count). The molecule has 0 heterocycles. The van der Waals surface area contributed by atoms with Crippen LogP contribution in [0.2, 0.25) is 0 Å². The number of rotatable bonds is 8. The van der Waals surface area contributed by atoms with Crippen molar-refractivity contribution < 1.29 is 9.18 Å². The van der Waals surface area contributed by atoms with Crippen LogP contribution >= 0.6 is 0 Å². The molecule has 0 aliphatic carbocycles. The SMILES string of the molecule is N#CCCN(C(=O)CNC(c1ccccc1)c1ccccc1)c1ccccc1F. The molecule has 0 saturated heterocycles. The average molecular weight is 387 g/mol. The van der Waals surface area contributed by atoms with Crippen molar-refractivity contribution in [2.24, 2.45) is 0 Å². The van der Waals surface area contributed by atoms with Gasteiger partial charge in [0.15, 0.2) is 0 Å². The Balaban J connectivity index is 1.81. The number of nitrogens with zero attached hydrogens (tertiary/aromatic N) is 2. The van der Waals surface area contributed by atoms with Gasteiger partial charge in [0.1, 0.15) is 5.82 Å². The molecule has 0 aliphatic rings. The lowest BCUT2D eigenvalue weighted by Gasteiger charge is -2.25. The average Bonchev–Trinajstić information content (AvgIpc) is 2.77. The van der Waals surface area contributed by atoms with E-state index in [1.165, 1.54) is 11.0 Å². The summed E-state index contributed by atoms with van der Waals surface area (Å²) in [5.41, 5.74) is 2.24. The Morgan fingerprint density at radius 3 is 2.03 bits per heavy atom. The fourth-order valence-electron chi connectivity index (χ4n) is 3.22. The van der Waals surface area contributed by atoms with Crippen LogP contribution in [0.5, 0.6) is 0 Å². The van der Waals surface area contributed by atoms with Crippen molar-refractivity contribution in [2.45, 2.75) is 12.5 Å². The van der Waals surface area contributed by atoms with Gasteiger partial charge in [0.05, 0.1) is 30.8 Å². The van der Waals surface area contributed by atoms with Gasteiger partial charge in [-0.3, -0.25) is 10.1 Å². The van der Waals surface area contributed by atoms with Crippen molar-refractivity contribution in [1.82, 2.24) is 5.32 Å². The minimum atomic E-state index is -0.485. The number of anilines is 1. The van der Waals surface area contributed by atoms with E-state index < -0.39 is 5.82 Å². The maximum atomic E-state index is 14.3. The second kappa shape index (κ2) is 10.2. The highest BCUT2D eigenvalue weighted by atomic mass is 19.1. The Morgan fingerprint density at radius 2 is 1.48 bits per heavy atom. The molecule has 3 aromatic carbocycles. The first-order chi connectivity index (χ1) is 14.2. The third-order valence-electron chi connectivity index (χ3n) is 4.61. The predicted molar refractivity (Wildman–Crippen MR) is 112 cm³/mol. The summed E-state index contributed by atoms with van der Waals surface area (Å²) in [4.78, 5) is 14.3. The molecule has 0 aromatic heterocycles. The van der Waals surface area contributed by atoms with Gasteiger partial charge in [0, 0.05) is 6.54 Å². The van der Waals surface area contributed by atoms with Crippen LogP contribution in [0.4, 0.5) is 10.1 Å². The highest BCUT2D eigenvalue weighted by molar-refractivity contribution is 5.95. The third kappa shape index (κ3) is 5.28. The van der Waals surface area contributed by atoms with E-state index in [-0.39, 0.29) is 37.1 Å². The number of nitriles is 1. The van der Waals surface area contributed by atoms with E-state index in [1.807, 2.05) is 66.7 Å². The first-order valence-electron chi connectivity index (χ1n) is 9.46. The Bertz CT molecular complexity index is 931. The molecule has 1 N–H and O–H groups in total. The molecule has 0 aliphatic heterocycles. The molecule has 0 fully saturated rings. The van der Waals surface area contributed by atoms with Crippen LogP contribution in [0.15, 0.2) is 84.9 Å². The largest absolute Gasteiger partial charge is 0.308 e. The van der Waals surface area contributed by atoms with Gasteiger partial charge in [-0.25, -0.2) is 4.39 Å². The molecule has 0 radical (unpaired) electrons. The fraction of sp³-hybridized carbons (Fsp3) is 0.167. The molecule has 1 amide bonds. The lowest BCUT2D eigenvalue weighted by molar-refractivity contribution is -0.117. The number of hydrogen-bond donors (Lipinski definition) is 1. The summed E-state index contributed by atoms with van der Waals surface area (Å²) in [7, 11) is 0. The number of carbonyl (C=O) groups excluding carboxylic acids is 1. The number of benzene rings is 3. The van der Waals surface area contributed by atoms with Crippen LogP contribution in [0.3, 0.4) is 0 Å². The number of hydrogen-bond acceptors (Lipinski definition) is 3. The van der Waals surface area contributed by atoms with Crippen LogP contribution in [-0.4, -0.2) is 19.0 Å². The number of para-hydroxylation sites is 1. The molecule has 0 bridgehead atoms. The first-order valence-corrected chi connectivity index (χ1v) is 9.46. The normalized spacial score (nSPS) is 10.5. The molecule has 3 aromatic rings. The van der Waals surface area contributed by atoms with Crippen LogP contribution in [-0.2, 0) is 4.79 Å². The minimum Gasteiger partial charge on any atom is -0.308 e. The standard InChI is InChI=1S/C24H22FN3O/c25-21-14-7-8-15-22(21)28(17-9-16-26)23(29)18-27-24(19-10-3-1-4-11-19)20-12-5-2-6-13-20/h1-8,10-15,24,27H,9,17-18H2. The summed E-state index contributed by atoms with van der Waals surface area (Å²) in [6, 6.07) is 27.6. The minimum absolute atomic E-state index is 0.00815. The van der Waals surface area contributed by atoms with Gasteiger partial charge in [-0.05, 0) is 23.3 Å². The smallest absolute Gasteiger partial charge is 0.241 e. The van der Waals surface area contributed by atoms with E-state index in [4.69, 9.17) is 5.26 Å². The Labute approximate surface area is 170 Å². The maximum absolute atomic E-state index is 14.3. The van der Waals surface area contributed by atoms with Crippen molar-refractivity contribution in [3.8, 4) is 6.07 Å². The van der Waals surface area contributed by atoms with E-state index in [0.717, 1.165) is 11.1 Å². The second-order valence-corrected chi connectivity index (χ2v) is 6.54. The lowest BCUT2D eigenvalue weighted by atomic mass is 9.99. The van der Waals surface area contributed by atoms with Crippen LogP contribution < -0.4 is 10.2 Å². The Hall–Kier alpha value is -3.49. The van der Waals surface area contributed by atoms with E-state index >= 15 is 0 Å². The summed E-state index contributed by atoms with van der Waals surface area (Å²) < 4.78 is 14.3. The molecule has 4 nitrogen and oxygen atoms in total. The predicted octanol–water partition coefficient (Wildman–Crippen LogP) is 4.45. The van der Waals surface area contributed by atoms with Crippen LogP contribution in [0.1, 0.15) is 23.6 Å².